The van der Waals surface area contributed by atoms with E-state index in [4.69, 9.17) is 0 Å². The summed E-state index contributed by atoms with van der Waals surface area (Å²) in [7, 11) is 0. The van der Waals surface area contributed by atoms with Crippen LogP contribution in [0.1, 0.15) is 27.6 Å². The summed E-state index contributed by atoms with van der Waals surface area (Å²) >= 11 is 0. The average molecular weight is 258 g/mol. The van der Waals surface area contributed by atoms with Crippen LogP contribution in [-0.4, -0.2) is 16.7 Å². The summed E-state index contributed by atoms with van der Waals surface area (Å²) in [6.07, 6.45) is 2.29. The van der Waals surface area contributed by atoms with E-state index >= 15 is 0 Å². The number of Topliss-reactive ketones (excluding diaryl/α,β-unsaturated/α-hetero) is 1. The predicted octanol–water partition coefficient (Wildman–Crippen LogP) is 2.68. The molecule has 19 heavy (non-hydrogen) atoms. The first kappa shape index (κ1) is 12.9. The van der Waals surface area contributed by atoms with Gasteiger partial charge >= 0.3 is 0 Å². The molecule has 4 nitrogen and oxygen atoms in total. The van der Waals surface area contributed by atoms with Crippen molar-refractivity contribution in [1.82, 2.24) is 4.98 Å². The van der Waals surface area contributed by atoms with Crippen LogP contribution in [-0.2, 0) is 0 Å². The summed E-state index contributed by atoms with van der Waals surface area (Å²) < 4.78 is 13.4. The number of carbonyl (C=O) groups excluding carboxylic acids is 2. The number of pyridine rings is 1. The Morgan fingerprint density at radius 3 is 2.58 bits per heavy atom. The minimum absolute atomic E-state index is 0.117. The zero-order chi connectivity index (χ0) is 13.8. The number of ketones is 1. The summed E-state index contributed by atoms with van der Waals surface area (Å²) in [5.41, 5.74) is 0.620. The highest BCUT2D eigenvalue weighted by Gasteiger charge is 2.14. The summed E-state index contributed by atoms with van der Waals surface area (Å²) in [5, 5.41) is 2.52. The molecule has 2 rings (SSSR count). The summed E-state index contributed by atoms with van der Waals surface area (Å²) in [5.74, 6) is -1.50. The van der Waals surface area contributed by atoms with Crippen LogP contribution in [0.3, 0.4) is 0 Å². The molecule has 0 atom stereocenters. The molecule has 0 saturated heterocycles. The number of benzene rings is 1. The van der Waals surface area contributed by atoms with Crippen LogP contribution in [0.25, 0.3) is 0 Å². The molecule has 5 heteroatoms. The van der Waals surface area contributed by atoms with Crippen molar-refractivity contribution in [2.75, 3.05) is 5.32 Å². The molecule has 1 aromatic carbocycles. The highest BCUT2D eigenvalue weighted by atomic mass is 19.1. The number of rotatable bonds is 3. The highest BCUT2D eigenvalue weighted by molar-refractivity contribution is 6.09. The number of anilines is 1. The van der Waals surface area contributed by atoms with Gasteiger partial charge in [-0.2, -0.15) is 0 Å². The third-order valence-corrected chi connectivity index (χ3v) is 2.57. The molecule has 2 aromatic rings. The number of hydrogen-bond acceptors (Lipinski definition) is 3. The fourth-order valence-corrected chi connectivity index (χ4v) is 1.65. The van der Waals surface area contributed by atoms with Gasteiger partial charge in [0.05, 0.1) is 17.4 Å². The molecule has 0 fully saturated rings. The van der Waals surface area contributed by atoms with Gasteiger partial charge in [-0.3, -0.25) is 14.6 Å². The van der Waals surface area contributed by atoms with Gasteiger partial charge in [0.2, 0.25) is 0 Å². The molecule has 0 saturated carbocycles. The highest BCUT2D eigenvalue weighted by Crippen LogP contribution is 2.17. The van der Waals surface area contributed by atoms with Crippen molar-refractivity contribution in [2.24, 2.45) is 0 Å². The molecule has 1 amide bonds. The zero-order valence-electron chi connectivity index (χ0n) is 10.2. The van der Waals surface area contributed by atoms with Gasteiger partial charge in [-0.05, 0) is 25.1 Å². The fourth-order valence-electron chi connectivity index (χ4n) is 1.65. The van der Waals surface area contributed by atoms with Crippen molar-refractivity contribution in [2.45, 2.75) is 6.92 Å². The standard InChI is InChI=1S/C14H11FN2O2/c1-9(18)10-4-2-3-5-13(10)17-14(19)11-6-7-16-8-12(11)15/h2-8H,1H3,(H,17,19). The number of para-hydroxylation sites is 1. The van der Waals surface area contributed by atoms with Crippen LogP contribution >= 0.6 is 0 Å². The van der Waals surface area contributed by atoms with E-state index in [0.29, 0.717) is 11.3 Å². The smallest absolute Gasteiger partial charge is 0.258 e. The van der Waals surface area contributed by atoms with Crippen molar-refractivity contribution in [3.8, 4) is 0 Å². The van der Waals surface area contributed by atoms with Gasteiger partial charge in [0.1, 0.15) is 0 Å². The first-order chi connectivity index (χ1) is 9.09. The Morgan fingerprint density at radius 1 is 1.16 bits per heavy atom. The Kier molecular flexibility index (Phi) is 3.66. The monoisotopic (exact) mass is 258 g/mol. The number of amides is 1. The molecule has 96 valence electrons. The molecule has 0 aliphatic carbocycles. The molecule has 0 spiro atoms. The maximum absolute atomic E-state index is 13.4. The number of hydrogen-bond donors (Lipinski definition) is 1. The van der Waals surface area contributed by atoms with Crippen LogP contribution in [0.5, 0.6) is 0 Å². The normalized spacial score (nSPS) is 10.0. The van der Waals surface area contributed by atoms with Gasteiger partial charge in [0.25, 0.3) is 5.91 Å². The number of nitrogens with zero attached hydrogens (tertiary/aromatic N) is 1. The van der Waals surface area contributed by atoms with E-state index < -0.39 is 11.7 Å². The average Bonchev–Trinajstić information content (AvgIpc) is 2.39. The van der Waals surface area contributed by atoms with Crippen LogP contribution in [0.4, 0.5) is 10.1 Å². The second-order valence-corrected chi connectivity index (χ2v) is 3.91. The third kappa shape index (κ3) is 2.82. The largest absolute Gasteiger partial charge is 0.321 e. The number of carbonyl (C=O) groups is 2. The summed E-state index contributed by atoms with van der Waals surface area (Å²) in [6.45, 7) is 1.40. The lowest BCUT2D eigenvalue weighted by atomic mass is 10.1. The third-order valence-electron chi connectivity index (χ3n) is 2.57. The number of nitrogens with one attached hydrogen (secondary N) is 1. The summed E-state index contributed by atoms with van der Waals surface area (Å²) in [6, 6.07) is 7.85. The molecule has 1 heterocycles. The van der Waals surface area contributed by atoms with Crippen LogP contribution in [0.2, 0.25) is 0 Å². The van der Waals surface area contributed by atoms with Gasteiger partial charge in [-0.1, -0.05) is 12.1 Å². The SMILES string of the molecule is CC(=O)c1ccccc1NC(=O)c1ccncc1F. The van der Waals surface area contributed by atoms with Crippen molar-refractivity contribution in [3.05, 3.63) is 59.7 Å². The Morgan fingerprint density at radius 2 is 1.89 bits per heavy atom. The molecule has 0 aliphatic rings. The second kappa shape index (κ2) is 5.39. The Balaban J connectivity index is 2.30. The van der Waals surface area contributed by atoms with Crippen LogP contribution in [0, 0.1) is 5.82 Å². The Hall–Kier alpha value is -2.56. The van der Waals surface area contributed by atoms with Gasteiger partial charge in [-0.25, -0.2) is 4.39 Å². The zero-order valence-corrected chi connectivity index (χ0v) is 10.2. The van der Waals surface area contributed by atoms with E-state index in [9.17, 15) is 14.0 Å². The van der Waals surface area contributed by atoms with Gasteiger partial charge < -0.3 is 5.32 Å². The van der Waals surface area contributed by atoms with Crippen LogP contribution in [0.15, 0.2) is 42.7 Å². The lowest BCUT2D eigenvalue weighted by Gasteiger charge is -2.09. The molecule has 0 bridgehead atoms. The second-order valence-electron chi connectivity index (χ2n) is 3.91. The minimum atomic E-state index is -0.708. The van der Waals surface area contributed by atoms with E-state index in [2.05, 4.69) is 10.3 Å². The van der Waals surface area contributed by atoms with Crippen molar-refractivity contribution in [1.29, 1.82) is 0 Å². The Bertz CT molecular complexity index is 641. The first-order valence-electron chi connectivity index (χ1n) is 5.60. The lowest BCUT2D eigenvalue weighted by molar-refractivity contribution is 0.101. The van der Waals surface area contributed by atoms with E-state index in [1.54, 1.807) is 24.3 Å². The molecule has 1 N–H and O–H groups in total. The maximum atomic E-state index is 13.4. The summed E-state index contributed by atoms with van der Waals surface area (Å²) in [4.78, 5) is 26.9. The Labute approximate surface area is 109 Å². The molecule has 0 aliphatic heterocycles. The van der Waals surface area contributed by atoms with E-state index in [1.165, 1.54) is 19.2 Å². The van der Waals surface area contributed by atoms with Gasteiger partial charge in [0, 0.05) is 11.8 Å². The molecule has 0 unspecified atom stereocenters. The molecular formula is C14H11FN2O2. The minimum Gasteiger partial charge on any atom is -0.321 e. The topological polar surface area (TPSA) is 59.1 Å². The van der Waals surface area contributed by atoms with Crippen LogP contribution < -0.4 is 5.32 Å². The van der Waals surface area contributed by atoms with E-state index in [1.807, 2.05) is 0 Å². The predicted molar refractivity (Wildman–Crippen MR) is 68.6 cm³/mol. The quantitative estimate of drug-likeness (QED) is 0.861. The molecule has 1 aromatic heterocycles. The molecular weight excluding hydrogens is 247 g/mol. The molecule has 0 radical (unpaired) electrons. The van der Waals surface area contributed by atoms with Gasteiger partial charge in [0.15, 0.2) is 11.6 Å². The van der Waals surface area contributed by atoms with Gasteiger partial charge in [-0.15, -0.1) is 0 Å². The first-order valence-corrected chi connectivity index (χ1v) is 5.60. The number of aromatic nitrogens is 1. The van der Waals surface area contributed by atoms with Crippen molar-refractivity contribution >= 4 is 17.4 Å². The van der Waals surface area contributed by atoms with Crippen molar-refractivity contribution < 1.29 is 14.0 Å². The van der Waals surface area contributed by atoms with E-state index in [0.717, 1.165) is 6.20 Å². The fraction of sp³-hybridized carbons (Fsp3) is 0.0714. The number of halogens is 1. The van der Waals surface area contributed by atoms with Crippen molar-refractivity contribution in [3.63, 3.8) is 0 Å². The van der Waals surface area contributed by atoms with E-state index in [-0.39, 0.29) is 11.3 Å². The lowest BCUT2D eigenvalue weighted by Crippen LogP contribution is -2.15. The maximum Gasteiger partial charge on any atom is 0.258 e.